The van der Waals surface area contributed by atoms with E-state index in [1.807, 2.05) is 32.6 Å². The molecule has 0 spiro atoms. The minimum atomic E-state index is -0.448. The molecule has 0 atom stereocenters. The highest BCUT2D eigenvalue weighted by Gasteiger charge is 2.22. The van der Waals surface area contributed by atoms with Crippen LogP contribution in [0.2, 0.25) is 0 Å². The van der Waals surface area contributed by atoms with Crippen LogP contribution in [0.5, 0.6) is 0 Å². The number of amides is 1. The van der Waals surface area contributed by atoms with Crippen molar-refractivity contribution in [2.75, 3.05) is 32.7 Å². The molecule has 1 amide bonds. The summed E-state index contributed by atoms with van der Waals surface area (Å²) in [5.41, 5.74) is 6.66. The summed E-state index contributed by atoms with van der Waals surface area (Å²) in [6.45, 7) is 16.5. The van der Waals surface area contributed by atoms with E-state index in [2.05, 4.69) is 11.5 Å². The van der Waals surface area contributed by atoms with Crippen LogP contribution >= 0.6 is 0 Å². The van der Waals surface area contributed by atoms with Gasteiger partial charge in [0.15, 0.2) is 0 Å². The number of nitrogens with two attached hydrogens (primary N) is 1. The van der Waals surface area contributed by atoms with Gasteiger partial charge in [0.2, 0.25) is 0 Å². The monoisotopic (exact) mass is 353 g/mol. The first-order chi connectivity index (χ1) is 11.7. The molecule has 1 fully saturated rings. The van der Waals surface area contributed by atoms with E-state index in [-0.39, 0.29) is 6.09 Å². The summed E-state index contributed by atoms with van der Waals surface area (Å²) in [5.74, 6) is 0. The summed E-state index contributed by atoms with van der Waals surface area (Å²) in [4.78, 5) is 16.8. The van der Waals surface area contributed by atoms with Crippen molar-refractivity contribution in [1.82, 2.24) is 9.80 Å². The van der Waals surface area contributed by atoms with Crippen LogP contribution in [0.4, 0.5) is 4.79 Å². The molecule has 1 heterocycles. The maximum atomic E-state index is 12.4. The van der Waals surface area contributed by atoms with Crippen molar-refractivity contribution >= 4 is 6.09 Å². The number of carbonyl (C=O) groups is 1. The summed E-state index contributed by atoms with van der Waals surface area (Å²) in [6.07, 6.45) is 6.02. The van der Waals surface area contributed by atoms with E-state index >= 15 is 0 Å². The van der Waals surface area contributed by atoms with Crippen molar-refractivity contribution < 1.29 is 9.53 Å². The second-order valence-electron chi connectivity index (χ2n) is 8.41. The highest BCUT2D eigenvalue weighted by atomic mass is 16.6. The molecule has 146 valence electrons. The van der Waals surface area contributed by atoms with E-state index in [1.54, 1.807) is 0 Å². The van der Waals surface area contributed by atoms with Crippen molar-refractivity contribution in [3.63, 3.8) is 0 Å². The molecule has 5 nitrogen and oxygen atoms in total. The van der Waals surface area contributed by atoms with Crippen molar-refractivity contribution in [3.05, 3.63) is 12.2 Å². The number of hydrogen-bond donors (Lipinski definition) is 1. The van der Waals surface area contributed by atoms with Crippen molar-refractivity contribution in [1.29, 1.82) is 0 Å². The number of piperidine rings is 1. The minimum Gasteiger partial charge on any atom is -0.444 e. The van der Waals surface area contributed by atoms with Crippen molar-refractivity contribution in [2.24, 2.45) is 5.73 Å². The molecule has 1 aliphatic rings. The van der Waals surface area contributed by atoms with Gasteiger partial charge in [-0.2, -0.15) is 0 Å². The molecule has 0 radical (unpaired) electrons. The number of allylic oxidation sites excluding steroid dienone is 1. The van der Waals surface area contributed by atoms with Gasteiger partial charge in [-0.15, -0.1) is 6.58 Å². The number of likely N-dealkylation sites (tertiary alicyclic amines) is 1. The number of unbranched alkanes of at least 4 members (excludes halogenated alkanes) is 1. The maximum absolute atomic E-state index is 12.4. The van der Waals surface area contributed by atoms with Gasteiger partial charge in [0.05, 0.1) is 0 Å². The fourth-order valence-electron chi connectivity index (χ4n) is 3.01. The third-order valence-electron chi connectivity index (χ3n) is 4.47. The molecule has 0 unspecified atom stereocenters. The molecule has 1 saturated heterocycles. The molecule has 0 saturated carbocycles. The molecule has 2 N–H and O–H groups in total. The lowest BCUT2D eigenvalue weighted by molar-refractivity contribution is 0.0243. The fraction of sp³-hybridized carbons (Fsp3) is 0.850. The first-order valence-electron chi connectivity index (χ1n) is 9.77. The van der Waals surface area contributed by atoms with Crippen LogP contribution < -0.4 is 5.73 Å². The number of carbonyl (C=O) groups excluding carboxylic acids is 1. The Balaban J connectivity index is 2.35. The van der Waals surface area contributed by atoms with E-state index in [0.717, 1.165) is 76.8 Å². The topological polar surface area (TPSA) is 58.8 Å². The molecule has 1 aliphatic heterocycles. The van der Waals surface area contributed by atoms with Gasteiger partial charge in [-0.25, -0.2) is 4.79 Å². The Bertz CT molecular complexity index is 410. The van der Waals surface area contributed by atoms with Crippen LogP contribution in [0.3, 0.4) is 0 Å². The Labute approximate surface area is 154 Å². The normalized spacial score (nSPS) is 16.7. The van der Waals surface area contributed by atoms with E-state index in [0.29, 0.717) is 6.04 Å². The molecule has 0 aromatic rings. The lowest BCUT2D eigenvalue weighted by Gasteiger charge is -2.30. The number of nitrogens with zero attached hydrogens (tertiary/aromatic N) is 2. The maximum Gasteiger partial charge on any atom is 0.410 e. The van der Waals surface area contributed by atoms with Gasteiger partial charge in [-0.1, -0.05) is 5.57 Å². The van der Waals surface area contributed by atoms with Gasteiger partial charge in [0, 0.05) is 19.1 Å². The molecule has 0 bridgehead atoms. The summed E-state index contributed by atoms with van der Waals surface area (Å²) >= 11 is 0. The molecule has 0 aromatic carbocycles. The van der Waals surface area contributed by atoms with Crippen molar-refractivity contribution in [2.45, 2.75) is 77.9 Å². The molecule has 0 aromatic heterocycles. The Morgan fingerprint density at radius 3 is 2.36 bits per heavy atom. The Morgan fingerprint density at radius 2 is 1.80 bits per heavy atom. The Kier molecular flexibility index (Phi) is 9.51. The summed E-state index contributed by atoms with van der Waals surface area (Å²) in [5, 5.41) is 0. The Hall–Kier alpha value is -1.07. The molecule has 1 rings (SSSR count). The van der Waals surface area contributed by atoms with Gasteiger partial charge in [0.25, 0.3) is 0 Å². The minimum absolute atomic E-state index is 0.196. The van der Waals surface area contributed by atoms with Crippen LogP contribution in [-0.4, -0.2) is 60.3 Å². The second kappa shape index (κ2) is 10.8. The van der Waals surface area contributed by atoms with Gasteiger partial charge < -0.3 is 20.3 Å². The first kappa shape index (κ1) is 22.0. The third-order valence-corrected chi connectivity index (χ3v) is 4.47. The number of ether oxygens (including phenoxy) is 1. The van der Waals surface area contributed by atoms with Crippen molar-refractivity contribution in [3.8, 4) is 0 Å². The smallest absolute Gasteiger partial charge is 0.410 e. The van der Waals surface area contributed by atoms with E-state index in [9.17, 15) is 4.79 Å². The molecule has 25 heavy (non-hydrogen) atoms. The Morgan fingerprint density at radius 1 is 1.20 bits per heavy atom. The molecule has 0 aliphatic carbocycles. The van der Waals surface area contributed by atoms with E-state index < -0.39 is 5.60 Å². The predicted molar refractivity (Wildman–Crippen MR) is 105 cm³/mol. The number of rotatable bonds is 9. The van der Waals surface area contributed by atoms with Crippen LogP contribution in [-0.2, 0) is 4.74 Å². The lowest BCUT2D eigenvalue weighted by atomic mass is 10.1. The van der Waals surface area contributed by atoms with Gasteiger partial charge in [0.1, 0.15) is 5.60 Å². The largest absolute Gasteiger partial charge is 0.444 e. The zero-order chi connectivity index (χ0) is 18.9. The lowest BCUT2D eigenvalue weighted by Crippen LogP contribution is -2.40. The summed E-state index contributed by atoms with van der Waals surface area (Å²) in [6, 6.07) is 0.382. The SMILES string of the molecule is C=C(C)CCCN(CCCCN1CCC(N)CC1)C(=O)OC(C)(C)C. The van der Waals surface area contributed by atoms with Crippen LogP contribution in [0.25, 0.3) is 0 Å². The van der Waals surface area contributed by atoms with Crippen LogP contribution in [0, 0.1) is 0 Å². The fourth-order valence-corrected chi connectivity index (χ4v) is 3.01. The average molecular weight is 354 g/mol. The van der Waals surface area contributed by atoms with Crippen LogP contribution in [0.15, 0.2) is 12.2 Å². The molecular weight excluding hydrogens is 314 g/mol. The number of hydrogen-bond acceptors (Lipinski definition) is 4. The van der Waals surface area contributed by atoms with Crippen LogP contribution in [0.1, 0.15) is 66.2 Å². The standard InChI is InChI=1S/C20H39N3O2/c1-17(2)9-8-14-23(19(24)25-20(3,4)5)13-7-6-12-22-15-10-18(21)11-16-22/h18H,1,6-16,21H2,2-5H3. The average Bonchev–Trinajstić information content (AvgIpc) is 2.49. The third kappa shape index (κ3) is 10.5. The van der Waals surface area contributed by atoms with E-state index in [1.165, 1.54) is 0 Å². The highest BCUT2D eigenvalue weighted by Crippen LogP contribution is 2.13. The molecular formula is C20H39N3O2. The zero-order valence-corrected chi connectivity index (χ0v) is 16.9. The molecule has 5 heteroatoms. The van der Waals surface area contributed by atoms with Gasteiger partial charge in [-0.05, 0) is 85.9 Å². The predicted octanol–water partition coefficient (Wildman–Crippen LogP) is 3.78. The van der Waals surface area contributed by atoms with E-state index in [4.69, 9.17) is 10.5 Å². The zero-order valence-electron chi connectivity index (χ0n) is 16.9. The summed E-state index contributed by atoms with van der Waals surface area (Å²) in [7, 11) is 0. The highest BCUT2D eigenvalue weighted by molar-refractivity contribution is 5.68. The quantitative estimate of drug-likeness (QED) is 0.506. The van der Waals surface area contributed by atoms with Gasteiger partial charge >= 0.3 is 6.09 Å². The summed E-state index contributed by atoms with van der Waals surface area (Å²) < 4.78 is 5.56. The van der Waals surface area contributed by atoms with Gasteiger partial charge in [-0.3, -0.25) is 0 Å². The first-order valence-corrected chi connectivity index (χ1v) is 9.77. The second-order valence-corrected chi connectivity index (χ2v) is 8.41.